The van der Waals surface area contributed by atoms with E-state index in [4.69, 9.17) is 14.2 Å². The maximum atomic E-state index is 9.67. The molecule has 0 aromatic heterocycles. The van der Waals surface area contributed by atoms with Crippen LogP contribution in [0.1, 0.15) is 12.8 Å². The molecule has 4 nitrogen and oxygen atoms in total. The normalized spacial score (nSPS) is 14.3. The highest BCUT2D eigenvalue weighted by atomic mass is 32.1. The summed E-state index contributed by atoms with van der Waals surface area (Å²) in [5, 5.41) is 9.67. The zero-order valence-corrected chi connectivity index (χ0v) is 10.9. The Hall–Kier alpha value is -1.33. The SMILES string of the molecule is C=CCC[C@@H](O)COc1cc2c(cc1S)OCO2. The Morgan fingerprint density at radius 3 is 2.89 bits per heavy atom. The van der Waals surface area contributed by atoms with Gasteiger partial charge >= 0.3 is 0 Å². The number of benzene rings is 1. The first-order valence-electron chi connectivity index (χ1n) is 5.75. The Labute approximate surface area is 112 Å². The monoisotopic (exact) mass is 268 g/mol. The lowest BCUT2D eigenvalue weighted by Crippen LogP contribution is -2.17. The van der Waals surface area contributed by atoms with Gasteiger partial charge in [-0.2, -0.15) is 0 Å². The second-order valence-corrected chi connectivity index (χ2v) is 4.49. The van der Waals surface area contributed by atoms with Crippen LogP contribution in [-0.4, -0.2) is 24.6 Å². The molecule has 0 saturated carbocycles. The first-order chi connectivity index (χ1) is 8.70. The van der Waals surface area contributed by atoms with E-state index in [2.05, 4.69) is 19.2 Å². The van der Waals surface area contributed by atoms with Crippen molar-refractivity contribution in [3.63, 3.8) is 0 Å². The summed E-state index contributed by atoms with van der Waals surface area (Å²) >= 11 is 4.31. The molecule has 1 aromatic carbocycles. The minimum Gasteiger partial charge on any atom is -0.490 e. The van der Waals surface area contributed by atoms with Crippen molar-refractivity contribution in [1.82, 2.24) is 0 Å². The van der Waals surface area contributed by atoms with E-state index in [1.54, 1.807) is 18.2 Å². The largest absolute Gasteiger partial charge is 0.490 e. The van der Waals surface area contributed by atoms with E-state index >= 15 is 0 Å². The summed E-state index contributed by atoms with van der Waals surface area (Å²) in [6.07, 6.45) is 2.66. The fourth-order valence-corrected chi connectivity index (χ4v) is 1.85. The molecule has 0 spiro atoms. The summed E-state index contributed by atoms with van der Waals surface area (Å²) in [5.74, 6) is 1.89. The van der Waals surface area contributed by atoms with E-state index in [0.29, 0.717) is 28.6 Å². The predicted octanol–water partition coefficient (Wildman–Crippen LogP) is 2.41. The summed E-state index contributed by atoms with van der Waals surface area (Å²) in [5.41, 5.74) is 0. The lowest BCUT2D eigenvalue weighted by Gasteiger charge is -2.13. The zero-order chi connectivity index (χ0) is 13.0. The predicted molar refractivity (Wildman–Crippen MR) is 70.7 cm³/mol. The van der Waals surface area contributed by atoms with Crippen LogP contribution in [-0.2, 0) is 0 Å². The third-order valence-electron chi connectivity index (χ3n) is 2.59. The van der Waals surface area contributed by atoms with Crippen LogP contribution in [0.2, 0.25) is 0 Å². The van der Waals surface area contributed by atoms with Gasteiger partial charge in [0, 0.05) is 12.1 Å². The Balaban J connectivity index is 1.95. The van der Waals surface area contributed by atoms with Crippen molar-refractivity contribution in [2.45, 2.75) is 23.8 Å². The van der Waals surface area contributed by atoms with Crippen LogP contribution in [0.4, 0.5) is 0 Å². The maximum Gasteiger partial charge on any atom is 0.231 e. The first-order valence-corrected chi connectivity index (χ1v) is 6.20. The van der Waals surface area contributed by atoms with Crippen molar-refractivity contribution < 1.29 is 19.3 Å². The molecule has 0 radical (unpaired) electrons. The lowest BCUT2D eigenvalue weighted by atomic mass is 10.2. The lowest BCUT2D eigenvalue weighted by molar-refractivity contribution is 0.0993. The van der Waals surface area contributed by atoms with Gasteiger partial charge in [-0.05, 0) is 12.8 Å². The van der Waals surface area contributed by atoms with Gasteiger partial charge in [0.25, 0.3) is 0 Å². The topological polar surface area (TPSA) is 47.9 Å². The van der Waals surface area contributed by atoms with Crippen LogP contribution >= 0.6 is 12.6 Å². The molecule has 18 heavy (non-hydrogen) atoms. The minimum atomic E-state index is -0.513. The van der Waals surface area contributed by atoms with Crippen LogP contribution in [0, 0.1) is 0 Å². The highest BCUT2D eigenvalue weighted by molar-refractivity contribution is 7.80. The molecule has 1 N–H and O–H groups in total. The number of aliphatic hydroxyl groups excluding tert-OH is 1. The molecule has 1 aliphatic rings. The van der Waals surface area contributed by atoms with Crippen LogP contribution in [0.25, 0.3) is 0 Å². The van der Waals surface area contributed by atoms with Crippen molar-refractivity contribution in [3.05, 3.63) is 24.8 Å². The van der Waals surface area contributed by atoms with E-state index in [9.17, 15) is 5.11 Å². The number of ether oxygens (including phenoxy) is 3. The summed E-state index contributed by atoms with van der Waals surface area (Å²) in [7, 11) is 0. The summed E-state index contributed by atoms with van der Waals surface area (Å²) < 4.78 is 16.0. The highest BCUT2D eigenvalue weighted by Gasteiger charge is 2.17. The number of aliphatic hydroxyl groups is 1. The van der Waals surface area contributed by atoms with Gasteiger partial charge in [0.05, 0.1) is 11.0 Å². The molecule has 1 atom stereocenters. The van der Waals surface area contributed by atoms with Gasteiger partial charge in [-0.3, -0.25) is 0 Å². The number of rotatable bonds is 6. The molecule has 0 bridgehead atoms. The summed E-state index contributed by atoms with van der Waals surface area (Å²) in [4.78, 5) is 0.662. The van der Waals surface area contributed by atoms with Crippen LogP contribution in [0.15, 0.2) is 29.7 Å². The van der Waals surface area contributed by atoms with Crippen molar-refractivity contribution in [1.29, 1.82) is 0 Å². The van der Waals surface area contributed by atoms with Crippen molar-refractivity contribution >= 4 is 12.6 Å². The van der Waals surface area contributed by atoms with Gasteiger partial charge in [0.1, 0.15) is 12.4 Å². The van der Waals surface area contributed by atoms with Crippen molar-refractivity contribution in [3.8, 4) is 17.2 Å². The van der Waals surface area contributed by atoms with Gasteiger partial charge in [-0.25, -0.2) is 0 Å². The number of hydrogen-bond donors (Lipinski definition) is 2. The standard InChI is InChI=1S/C13H16O4S/c1-2-3-4-9(14)7-15-12-5-10-11(6-13(12)18)17-8-16-10/h2,5-6,9,14,18H,1,3-4,7-8H2/t9-/m1/s1. The molecule has 1 aromatic rings. The average Bonchev–Trinajstić information content (AvgIpc) is 2.80. The summed E-state index contributed by atoms with van der Waals surface area (Å²) in [6, 6.07) is 3.47. The molecular formula is C13H16O4S. The molecule has 5 heteroatoms. The van der Waals surface area contributed by atoms with E-state index < -0.39 is 6.10 Å². The molecule has 1 heterocycles. The Morgan fingerprint density at radius 2 is 2.17 bits per heavy atom. The third kappa shape index (κ3) is 3.11. The Morgan fingerprint density at radius 1 is 1.44 bits per heavy atom. The number of allylic oxidation sites excluding steroid dienone is 1. The van der Waals surface area contributed by atoms with Gasteiger partial charge in [0.2, 0.25) is 6.79 Å². The highest BCUT2D eigenvalue weighted by Crippen LogP contribution is 2.39. The van der Waals surface area contributed by atoms with Crippen molar-refractivity contribution in [2.24, 2.45) is 0 Å². The third-order valence-corrected chi connectivity index (χ3v) is 2.94. The number of thiol groups is 1. The van der Waals surface area contributed by atoms with E-state index in [-0.39, 0.29) is 13.4 Å². The maximum absolute atomic E-state index is 9.67. The van der Waals surface area contributed by atoms with Crippen molar-refractivity contribution in [2.75, 3.05) is 13.4 Å². The molecule has 0 unspecified atom stereocenters. The fraction of sp³-hybridized carbons (Fsp3) is 0.385. The minimum absolute atomic E-state index is 0.216. The van der Waals surface area contributed by atoms with Crippen LogP contribution < -0.4 is 14.2 Å². The van der Waals surface area contributed by atoms with E-state index in [0.717, 1.165) is 6.42 Å². The smallest absolute Gasteiger partial charge is 0.231 e. The second kappa shape index (κ2) is 6.02. The zero-order valence-electron chi connectivity index (χ0n) is 9.96. The average molecular weight is 268 g/mol. The van der Waals surface area contributed by atoms with E-state index in [1.807, 2.05) is 0 Å². The molecule has 0 fully saturated rings. The Kier molecular flexibility index (Phi) is 4.38. The van der Waals surface area contributed by atoms with Crippen LogP contribution in [0.5, 0.6) is 17.2 Å². The van der Waals surface area contributed by atoms with Gasteiger partial charge in [-0.15, -0.1) is 19.2 Å². The second-order valence-electron chi connectivity index (χ2n) is 4.00. The van der Waals surface area contributed by atoms with Crippen LogP contribution in [0.3, 0.4) is 0 Å². The molecule has 98 valence electrons. The number of fused-ring (bicyclic) bond motifs is 1. The molecule has 2 rings (SSSR count). The van der Waals surface area contributed by atoms with Gasteiger partial charge in [0.15, 0.2) is 11.5 Å². The van der Waals surface area contributed by atoms with Gasteiger partial charge in [-0.1, -0.05) is 6.08 Å². The van der Waals surface area contributed by atoms with Gasteiger partial charge < -0.3 is 19.3 Å². The molecular weight excluding hydrogens is 252 g/mol. The summed E-state index contributed by atoms with van der Waals surface area (Å²) in [6.45, 7) is 4.05. The van der Waals surface area contributed by atoms with E-state index in [1.165, 1.54) is 0 Å². The first kappa shape index (κ1) is 13.1. The molecule has 0 aliphatic carbocycles. The number of hydrogen-bond acceptors (Lipinski definition) is 5. The quantitative estimate of drug-likeness (QED) is 0.614. The molecule has 1 aliphatic heterocycles. The molecule has 0 amide bonds. The molecule has 0 saturated heterocycles. The fourth-order valence-electron chi connectivity index (χ4n) is 1.61. The Bertz CT molecular complexity index is 433.